The molecule has 0 aromatic heterocycles. The zero-order valence-corrected chi connectivity index (χ0v) is 11.8. The highest BCUT2D eigenvalue weighted by Crippen LogP contribution is 2.25. The lowest BCUT2D eigenvalue weighted by molar-refractivity contribution is 0.403. The van der Waals surface area contributed by atoms with Gasteiger partial charge in [-0.25, -0.2) is 0 Å². The summed E-state index contributed by atoms with van der Waals surface area (Å²) in [7, 11) is 0. The molecule has 0 radical (unpaired) electrons. The van der Waals surface area contributed by atoms with E-state index in [0.29, 0.717) is 6.54 Å². The van der Waals surface area contributed by atoms with Crippen molar-refractivity contribution in [1.29, 1.82) is 0 Å². The first-order valence-electron chi connectivity index (χ1n) is 7.02. The normalized spacial score (nSPS) is 10.4. The Morgan fingerprint density at radius 2 is 1.60 bits per heavy atom. The third kappa shape index (κ3) is 3.92. The van der Waals surface area contributed by atoms with Gasteiger partial charge in [0.2, 0.25) is 0 Å². The Bertz CT molecular complexity index is 549. The molecule has 2 rings (SSSR count). The molecule has 20 heavy (non-hydrogen) atoms. The third-order valence-corrected chi connectivity index (χ3v) is 3.31. The minimum atomic E-state index is -0.0889. The molecule has 0 unspecified atom stereocenters. The second-order valence-corrected chi connectivity index (χ2v) is 4.98. The van der Waals surface area contributed by atoms with Crippen LogP contribution in [0.4, 0.5) is 5.69 Å². The maximum Gasteiger partial charge on any atom is 0.157 e. The predicted molar refractivity (Wildman–Crippen MR) is 82.2 cm³/mol. The van der Waals surface area contributed by atoms with Gasteiger partial charge in [-0.3, -0.25) is 0 Å². The molecule has 0 aliphatic rings. The van der Waals surface area contributed by atoms with Gasteiger partial charge >= 0.3 is 0 Å². The molecule has 0 atom stereocenters. The number of hydrogen-bond acceptors (Lipinski definition) is 3. The summed E-state index contributed by atoms with van der Waals surface area (Å²) in [4.78, 5) is 0. The van der Waals surface area contributed by atoms with E-state index < -0.39 is 0 Å². The van der Waals surface area contributed by atoms with Crippen molar-refractivity contribution in [2.75, 3.05) is 5.32 Å². The Morgan fingerprint density at radius 3 is 2.25 bits per heavy atom. The maximum absolute atomic E-state index is 9.44. The van der Waals surface area contributed by atoms with Crippen LogP contribution in [0.3, 0.4) is 0 Å². The van der Waals surface area contributed by atoms with E-state index in [0.717, 1.165) is 17.7 Å². The van der Waals surface area contributed by atoms with Crippen LogP contribution in [-0.4, -0.2) is 10.2 Å². The zero-order valence-electron chi connectivity index (χ0n) is 11.8. The van der Waals surface area contributed by atoms with Gasteiger partial charge in [0, 0.05) is 12.2 Å². The Morgan fingerprint density at radius 1 is 0.900 bits per heavy atom. The van der Waals surface area contributed by atoms with Crippen molar-refractivity contribution in [1.82, 2.24) is 0 Å². The monoisotopic (exact) mass is 271 g/mol. The quantitative estimate of drug-likeness (QED) is 0.695. The summed E-state index contributed by atoms with van der Waals surface area (Å²) in [5.74, 6) is -0.173. The minimum Gasteiger partial charge on any atom is -0.504 e. The number of benzene rings is 2. The zero-order chi connectivity index (χ0) is 14.4. The number of phenols is 2. The first-order chi connectivity index (χ1) is 9.69. The molecular weight excluding hydrogens is 250 g/mol. The molecule has 0 heterocycles. The van der Waals surface area contributed by atoms with Gasteiger partial charge in [0.05, 0.1) is 0 Å². The lowest BCUT2D eigenvalue weighted by Crippen LogP contribution is -1.99. The lowest BCUT2D eigenvalue weighted by Gasteiger charge is -2.08. The van der Waals surface area contributed by atoms with Crippen LogP contribution in [-0.2, 0) is 13.0 Å². The molecule has 0 saturated heterocycles. The Hall–Kier alpha value is -2.16. The lowest BCUT2D eigenvalue weighted by atomic mass is 10.1. The first kappa shape index (κ1) is 14.3. The van der Waals surface area contributed by atoms with Crippen LogP contribution < -0.4 is 5.32 Å². The van der Waals surface area contributed by atoms with Gasteiger partial charge in [-0.2, -0.15) is 0 Å². The van der Waals surface area contributed by atoms with Crippen LogP contribution in [0.2, 0.25) is 0 Å². The van der Waals surface area contributed by atoms with Crippen molar-refractivity contribution in [3.05, 3.63) is 53.6 Å². The summed E-state index contributed by atoms with van der Waals surface area (Å²) >= 11 is 0. The van der Waals surface area contributed by atoms with E-state index >= 15 is 0 Å². The molecule has 3 N–H and O–H groups in total. The van der Waals surface area contributed by atoms with Crippen LogP contribution in [0, 0.1) is 0 Å². The van der Waals surface area contributed by atoms with Crippen molar-refractivity contribution in [3.8, 4) is 11.5 Å². The summed E-state index contributed by atoms with van der Waals surface area (Å²) in [5, 5.41) is 22.0. The van der Waals surface area contributed by atoms with Crippen LogP contribution in [0.25, 0.3) is 0 Å². The van der Waals surface area contributed by atoms with Gasteiger partial charge in [-0.1, -0.05) is 31.5 Å². The van der Waals surface area contributed by atoms with E-state index in [1.54, 1.807) is 12.1 Å². The molecule has 3 nitrogen and oxygen atoms in total. The first-order valence-corrected chi connectivity index (χ1v) is 7.02. The van der Waals surface area contributed by atoms with Gasteiger partial charge in [0.25, 0.3) is 0 Å². The molecule has 2 aromatic carbocycles. The predicted octanol–water partition coefficient (Wildman–Crippen LogP) is 4.05. The summed E-state index contributed by atoms with van der Waals surface area (Å²) in [6.07, 6.45) is 3.56. The van der Waals surface area contributed by atoms with Crippen LogP contribution in [0.5, 0.6) is 11.5 Å². The van der Waals surface area contributed by atoms with E-state index in [2.05, 4.69) is 36.5 Å². The fourth-order valence-electron chi connectivity index (χ4n) is 2.05. The van der Waals surface area contributed by atoms with Gasteiger partial charge < -0.3 is 15.5 Å². The summed E-state index contributed by atoms with van der Waals surface area (Å²) in [6.45, 7) is 2.81. The topological polar surface area (TPSA) is 52.5 Å². The second kappa shape index (κ2) is 6.85. The Labute approximate surface area is 119 Å². The van der Waals surface area contributed by atoms with Crippen molar-refractivity contribution >= 4 is 5.69 Å². The fourth-order valence-corrected chi connectivity index (χ4v) is 2.05. The van der Waals surface area contributed by atoms with Gasteiger partial charge in [-0.15, -0.1) is 0 Å². The van der Waals surface area contributed by atoms with Crippen LogP contribution in [0.15, 0.2) is 42.5 Å². The Balaban J connectivity index is 1.91. The number of phenolic OH excluding ortho intramolecular Hbond substituents is 2. The number of hydrogen-bond donors (Lipinski definition) is 3. The van der Waals surface area contributed by atoms with Gasteiger partial charge in [-0.05, 0) is 48.2 Å². The largest absolute Gasteiger partial charge is 0.504 e. The molecule has 3 heteroatoms. The molecular formula is C17H21NO2. The maximum atomic E-state index is 9.44. The minimum absolute atomic E-state index is 0.0841. The van der Waals surface area contributed by atoms with E-state index in [9.17, 15) is 10.2 Å². The molecule has 0 fully saturated rings. The number of unbranched alkanes of at least 4 members (excludes halogenated alkanes) is 1. The van der Waals surface area contributed by atoms with Gasteiger partial charge in [0.15, 0.2) is 11.5 Å². The molecule has 0 amide bonds. The number of rotatable bonds is 6. The summed E-state index contributed by atoms with van der Waals surface area (Å²) in [5.41, 5.74) is 3.34. The standard InChI is InChI=1S/C17H21NO2/c1-2-3-4-13-5-8-15(9-6-13)18-12-14-7-10-16(19)17(20)11-14/h5-11,18-20H,2-4,12H2,1H3. The van der Waals surface area contributed by atoms with E-state index in [4.69, 9.17) is 0 Å². The van der Waals surface area contributed by atoms with E-state index in [-0.39, 0.29) is 11.5 Å². The molecule has 2 aromatic rings. The molecule has 0 bridgehead atoms. The SMILES string of the molecule is CCCCc1ccc(NCc2ccc(O)c(O)c2)cc1. The third-order valence-electron chi connectivity index (χ3n) is 3.31. The highest BCUT2D eigenvalue weighted by atomic mass is 16.3. The number of aryl methyl sites for hydroxylation is 1. The number of aromatic hydroxyl groups is 2. The second-order valence-electron chi connectivity index (χ2n) is 4.98. The summed E-state index contributed by atoms with van der Waals surface area (Å²) < 4.78 is 0. The van der Waals surface area contributed by atoms with E-state index in [1.807, 2.05) is 0 Å². The van der Waals surface area contributed by atoms with Crippen molar-refractivity contribution in [2.24, 2.45) is 0 Å². The van der Waals surface area contributed by atoms with E-state index in [1.165, 1.54) is 24.5 Å². The number of anilines is 1. The molecule has 106 valence electrons. The van der Waals surface area contributed by atoms with Crippen molar-refractivity contribution < 1.29 is 10.2 Å². The number of nitrogens with one attached hydrogen (secondary N) is 1. The van der Waals surface area contributed by atoms with Crippen LogP contribution in [0.1, 0.15) is 30.9 Å². The van der Waals surface area contributed by atoms with Crippen LogP contribution >= 0.6 is 0 Å². The average Bonchev–Trinajstić information content (AvgIpc) is 2.47. The smallest absolute Gasteiger partial charge is 0.157 e. The summed E-state index contributed by atoms with van der Waals surface area (Å²) in [6, 6.07) is 13.3. The highest BCUT2D eigenvalue weighted by Gasteiger charge is 2.01. The highest BCUT2D eigenvalue weighted by molar-refractivity contribution is 5.46. The molecule has 0 saturated carbocycles. The molecule has 0 spiro atoms. The van der Waals surface area contributed by atoms with Gasteiger partial charge in [0.1, 0.15) is 0 Å². The average molecular weight is 271 g/mol. The van der Waals surface area contributed by atoms with Crippen molar-refractivity contribution in [3.63, 3.8) is 0 Å². The molecule has 0 aliphatic heterocycles. The molecule has 0 aliphatic carbocycles. The van der Waals surface area contributed by atoms with Crippen molar-refractivity contribution in [2.45, 2.75) is 32.7 Å². The Kier molecular flexibility index (Phi) is 4.88. The fraction of sp³-hybridized carbons (Fsp3) is 0.294.